The second-order valence-electron chi connectivity index (χ2n) is 7.71. The maximum absolute atomic E-state index is 13.2. The van der Waals surface area contributed by atoms with Gasteiger partial charge in [-0.25, -0.2) is 4.98 Å². The van der Waals surface area contributed by atoms with E-state index in [1.807, 2.05) is 38.9 Å². The Bertz CT molecular complexity index is 988. The fourth-order valence-electron chi connectivity index (χ4n) is 3.40. The molecule has 1 aromatic carbocycles. The minimum atomic E-state index is 0.0263. The zero-order chi connectivity index (χ0) is 20.4. The third-order valence-electron chi connectivity index (χ3n) is 4.72. The SMILES string of the molecule is Cc1cc(C)c2sc(N(CCCN(C)C)C(=O)Cn3nc(C)cc3C)nc2c1. The van der Waals surface area contributed by atoms with Crippen LogP contribution in [0.15, 0.2) is 18.2 Å². The van der Waals surface area contributed by atoms with Crippen LogP contribution < -0.4 is 4.90 Å². The molecule has 0 radical (unpaired) electrons. The number of hydrogen-bond donors (Lipinski definition) is 0. The van der Waals surface area contributed by atoms with Crippen LogP contribution in [0.3, 0.4) is 0 Å². The van der Waals surface area contributed by atoms with Crippen LogP contribution in [0.25, 0.3) is 10.2 Å². The molecular formula is C21H29N5OS. The van der Waals surface area contributed by atoms with Gasteiger partial charge in [0.15, 0.2) is 5.13 Å². The predicted molar refractivity (Wildman–Crippen MR) is 116 cm³/mol. The minimum Gasteiger partial charge on any atom is -0.309 e. The lowest BCUT2D eigenvalue weighted by Gasteiger charge is -2.21. The summed E-state index contributed by atoms with van der Waals surface area (Å²) in [5, 5.41) is 5.22. The minimum absolute atomic E-state index is 0.0263. The van der Waals surface area contributed by atoms with Crippen molar-refractivity contribution in [2.24, 2.45) is 0 Å². The maximum atomic E-state index is 13.2. The van der Waals surface area contributed by atoms with Crippen LogP contribution >= 0.6 is 11.3 Å². The van der Waals surface area contributed by atoms with E-state index < -0.39 is 0 Å². The molecule has 0 aliphatic rings. The van der Waals surface area contributed by atoms with E-state index in [1.54, 1.807) is 16.0 Å². The van der Waals surface area contributed by atoms with E-state index in [4.69, 9.17) is 4.98 Å². The smallest absolute Gasteiger partial charge is 0.250 e. The second kappa shape index (κ2) is 8.41. The fourth-order valence-corrected chi connectivity index (χ4v) is 4.46. The Morgan fingerprint density at radius 3 is 2.50 bits per heavy atom. The Morgan fingerprint density at radius 2 is 1.86 bits per heavy atom. The summed E-state index contributed by atoms with van der Waals surface area (Å²) in [7, 11) is 4.09. The van der Waals surface area contributed by atoms with Gasteiger partial charge in [-0.15, -0.1) is 0 Å². The van der Waals surface area contributed by atoms with Crippen LogP contribution in [-0.2, 0) is 11.3 Å². The number of aryl methyl sites for hydroxylation is 4. The number of carbonyl (C=O) groups is 1. The lowest BCUT2D eigenvalue weighted by molar-refractivity contribution is -0.119. The summed E-state index contributed by atoms with van der Waals surface area (Å²) in [4.78, 5) is 22.0. The molecule has 0 bridgehead atoms. The monoisotopic (exact) mass is 399 g/mol. The molecule has 150 valence electrons. The van der Waals surface area contributed by atoms with Gasteiger partial charge in [0, 0.05) is 12.2 Å². The van der Waals surface area contributed by atoms with E-state index >= 15 is 0 Å². The highest BCUT2D eigenvalue weighted by Crippen LogP contribution is 2.32. The molecule has 1 amide bonds. The van der Waals surface area contributed by atoms with Crippen LogP contribution in [0.4, 0.5) is 5.13 Å². The van der Waals surface area contributed by atoms with Crippen molar-refractivity contribution < 1.29 is 4.79 Å². The Kier molecular flexibility index (Phi) is 6.15. The molecule has 0 saturated carbocycles. The van der Waals surface area contributed by atoms with Gasteiger partial charge in [0.25, 0.3) is 5.91 Å². The van der Waals surface area contributed by atoms with Crippen LogP contribution in [-0.4, -0.2) is 52.8 Å². The topological polar surface area (TPSA) is 54.3 Å². The van der Waals surface area contributed by atoms with Crippen molar-refractivity contribution in [1.82, 2.24) is 19.7 Å². The van der Waals surface area contributed by atoms with Gasteiger partial charge in [0.05, 0.1) is 15.9 Å². The zero-order valence-electron chi connectivity index (χ0n) is 17.6. The molecule has 3 rings (SSSR count). The van der Waals surface area contributed by atoms with Crippen LogP contribution in [0, 0.1) is 27.7 Å². The fraction of sp³-hybridized carbons (Fsp3) is 0.476. The quantitative estimate of drug-likeness (QED) is 0.608. The lowest BCUT2D eigenvalue weighted by atomic mass is 10.1. The number of carbonyl (C=O) groups excluding carboxylic acids is 1. The number of nitrogens with zero attached hydrogens (tertiary/aromatic N) is 5. The average molecular weight is 400 g/mol. The van der Waals surface area contributed by atoms with Crippen molar-refractivity contribution >= 4 is 32.6 Å². The molecule has 2 heterocycles. The van der Waals surface area contributed by atoms with Crippen molar-refractivity contribution in [2.75, 3.05) is 32.1 Å². The van der Waals surface area contributed by atoms with Gasteiger partial charge in [-0.05, 0) is 78.0 Å². The van der Waals surface area contributed by atoms with Crippen molar-refractivity contribution in [3.63, 3.8) is 0 Å². The van der Waals surface area contributed by atoms with Crippen LogP contribution in [0.5, 0.6) is 0 Å². The predicted octanol–water partition coefficient (Wildman–Crippen LogP) is 3.71. The molecular weight excluding hydrogens is 370 g/mol. The molecule has 7 heteroatoms. The summed E-state index contributed by atoms with van der Waals surface area (Å²) >= 11 is 1.60. The van der Waals surface area contributed by atoms with Crippen LogP contribution in [0.2, 0.25) is 0 Å². The Balaban J connectivity index is 1.90. The first-order valence-corrected chi connectivity index (χ1v) is 10.4. The average Bonchev–Trinajstić information content (AvgIpc) is 3.14. The third kappa shape index (κ3) is 4.59. The molecule has 0 spiro atoms. The largest absolute Gasteiger partial charge is 0.309 e. The molecule has 6 nitrogen and oxygen atoms in total. The summed E-state index contributed by atoms with van der Waals surface area (Å²) < 4.78 is 2.93. The van der Waals surface area contributed by atoms with E-state index in [-0.39, 0.29) is 12.5 Å². The summed E-state index contributed by atoms with van der Waals surface area (Å²) in [6.07, 6.45) is 0.893. The number of rotatable bonds is 7. The zero-order valence-corrected chi connectivity index (χ0v) is 18.4. The lowest BCUT2D eigenvalue weighted by Crippen LogP contribution is -2.36. The van der Waals surface area contributed by atoms with Crippen LogP contribution in [0.1, 0.15) is 28.9 Å². The molecule has 0 aliphatic carbocycles. The van der Waals surface area contributed by atoms with E-state index in [0.717, 1.165) is 39.7 Å². The molecule has 0 atom stereocenters. The van der Waals surface area contributed by atoms with E-state index in [1.165, 1.54) is 11.1 Å². The van der Waals surface area contributed by atoms with Gasteiger partial charge in [-0.3, -0.25) is 14.4 Å². The number of amides is 1. The Morgan fingerprint density at radius 1 is 1.11 bits per heavy atom. The first-order valence-electron chi connectivity index (χ1n) is 9.58. The van der Waals surface area contributed by atoms with Crippen molar-refractivity contribution in [3.8, 4) is 0 Å². The van der Waals surface area contributed by atoms with Crippen molar-refractivity contribution in [3.05, 3.63) is 40.7 Å². The number of anilines is 1. The number of thiazole rings is 1. The summed E-state index contributed by atoms with van der Waals surface area (Å²) in [5.41, 5.74) is 5.28. The maximum Gasteiger partial charge on any atom is 0.250 e. The van der Waals surface area contributed by atoms with E-state index in [0.29, 0.717) is 6.54 Å². The molecule has 28 heavy (non-hydrogen) atoms. The summed E-state index contributed by atoms with van der Waals surface area (Å²) in [5.74, 6) is 0.0263. The van der Waals surface area contributed by atoms with Gasteiger partial charge >= 0.3 is 0 Å². The molecule has 0 saturated heterocycles. The first kappa shape index (κ1) is 20.5. The normalized spacial score (nSPS) is 11.5. The number of aromatic nitrogens is 3. The third-order valence-corrected chi connectivity index (χ3v) is 5.95. The van der Waals surface area contributed by atoms with E-state index in [2.05, 4.69) is 36.0 Å². The Labute approximate surface area is 170 Å². The van der Waals surface area contributed by atoms with Gasteiger partial charge in [0.2, 0.25) is 0 Å². The number of benzene rings is 1. The molecule has 0 N–H and O–H groups in total. The van der Waals surface area contributed by atoms with Crippen molar-refractivity contribution in [2.45, 2.75) is 40.7 Å². The van der Waals surface area contributed by atoms with E-state index in [9.17, 15) is 4.79 Å². The highest BCUT2D eigenvalue weighted by molar-refractivity contribution is 7.22. The van der Waals surface area contributed by atoms with Crippen molar-refractivity contribution in [1.29, 1.82) is 0 Å². The van der Waals surface area contributed by atoms with Gasteiger partial charge in [0.1, 0.15) is 6.54 Å². The number of hydrogen-bond acceptors (Lipinski definition) is 5. The Hall–Kier alpha value is -2.25. The molecule has 3 aromatic rings. The molecule has 0 fully saturated rings. The highest BCUT2D eigenvalue weighted by atomic mass is 32.1. The highest BCUT2D eigenvalue weighted by Gasteiger charge is 2.21. The summed E-state index contributed by atoms with van der Waals surface area (Å²) in [6, 6.07) is 6.25. The van der Waals surface area contributed by atoms with Gasteiger partial charge in [-0.1, -0.05) is 17.4 Å². The standard InChI is InChI=1S/C21H29N5OS/c1-14-10-15(2)20-18(11-14)22-21(28-20)25(9-7-8-24(5)6)19(27)13-26-17(4)12-16(3)23-26/h10-12H,7-9,13H2,1-6H3. The number of fused-ring (bicyclic) bond motifs is 1. The molecule has 2 aromatic heterocycles. The molecule has 0 aliphatic heterocycles. The second-order valence-corrected chi connectivity index (χ2v) is 8.69. The van der Waals surface area contributed by atoms with Gasteiger partial charge in [-0.2, -0.15) is 5.10 Å². The van der Waals surface area contributed by atoms with Gasteiger partial charge < -0.3 is 4.90 Å². The first-order chi connectivity index (χ1) is 13.2. The summed E-state index contributed by atoms with van der Waals surface area (Å²) in [6.45, 7) is 9.91. The molecule has 0 unspecified atom stereocenters.